The number of carbonyl (C=O) groups excluding carboxylic acids is 1. The first kappa shape index (κ1) is 18.2. The third kappa shape index (κ3) is 4.50. The number of benzene rings is 1. The lowest BCUT2D eigenvalue weighted by Crippen LogP contribution is -2.40. The van der Waals surface area contributed by atoms with Gasteiger partial charge in [0.1, 0.15) is 5.69 Å². The number of hydrogen-bond donors (Lipinski definition) is 2. The van der Waals surface area contributed by atoms with E-state index in [0.717, 1.165) is 25.7 Å². The van der Waals surface area contributed by atoms with Crippen LogP contribution in [0.15, 0.2) is 18.2 Å². The maximum absolute atomic E-state index is 12.8. The summed E-state index contributed by atoms with van der Waals surface area (Å²) < 4.78 is 0. The number of hydrogen-bond acceptors (Lipinski definition) is 5. The van der Waals surface area contributed by atoms with Crippen molar-refractivity contribution in [1.29, 1.82) is 0 Å². The molecule has 1 saturated carbocycles. The molecule has 0 radical (unpaired) electrons. The van der Waals surface area contributed by atoms with Crippen LogP contribution in [0, 0.1) is 16.0 Å². The van der Waals surface area contributed by atoms with Gasteiger partial charge in [0.05, 0.1) is 4.92 Å². The van der Waals surface area contributed by atoms with E-state index >= 15 is 0 Å². The summed E-state index contributed by atoms with van der Waals surface area (Å²) in [6.45, 7) is 1.10. The Morgan fingerprint density at radius 3 is 2.73 bits per heavy atom. The summed E-state index contributed by atoms with van der Waals surface area (Å²) >= 11 is 0. The summed E-state index contributed by atoms with van der Waals surface area (Å²) in [5.41, 5.74) is 0.672. The Bertz CT molecular complexity index is 717. The van der Waals surface area contributed by atoms with Crippen molar-refractivity contribution in [2.45, 2.75) is 44.6 Å². The van der Waals surface area contributed by atoms with E-state index in [2.05, 4.69) is 5.32 Å². The van der Waals surface area contributed by atoms with Gasteiger partial charge in [0.15, 0.2) is 0 Å². The number of nitrogens with zero attached hydrogens (tertiary/aromatic N) is 2. The van der Waals surface area contributed by atoms with Crippen molar-refractivity contribution in [3.63, 3.8) is 0 Å². The van der Waals surface area contributed by atoms with Gasteiger partial charge in [-0.25, -0.2) is 0 Å². The Morgan fingerprint density at radius 1 is 1.31 bits per heavy atom. The van der Waals surface area contributed by atoms with Crippen molar-refractivity contribution in [3.05, 3.63) is 33.9 Å². The van der Waals surface area contributed by atoms with E-state index in [4.69, 9.17) is 5.11 Å². The number of aliphatic carboxylic acids is 1. The van der Waals surface area contributed by atoms with E-state index < -0.39 is 10.9 Å². The predicted molar refractivity (Wildman–Crippen MR) is 95.2 cm³/mol. The molecule has 2 fully saturated rings. The third-order valence-corrected chi connectivity index (χ3v) is 4.95. The van der Waals surface area contributed by atoms with Gasteiger partial charge in [-0.3, -0.25) is 19.7 Å². The van der Waals surface area contributed by atoms with Crippen molar-refractivity contribution in [2.24, 2.45) is 5.92 Å². The molecule has 1 saturated heterocycles. The molecule has 1 aliphatic heterocycles. The topological polar surface area (TPSA) is 113 Å². The van der Waals surface area contributed by atoms with Gasteiger partial charge in [-0.05, 0) is 50.2 Å². The Labute approximate surface area is 151 Å². The summed E-state index contributed by atoms with van der Waals surface area (Å²) in [5, 5.41) is 23.3. The van der Waals surface area contributed by atoms with Crippen LogP contribution in [0.1, 0.15) is 48.9 Å². The lowest BCUT2D eigenvalue weighted by atomic mass is 9.93. The minimum Gasteiger partial charge on any atom is -0.481 e. The Hall–Kier alpha value is -2.64. The highest BCUT2D eigenvalue weighted by Crippen LogP contribution is 2.32. The molecular formula is C18H23N3O5. The standard InChI is InChI=1S/C18H23N3O5/c22-17(23)8-3-12-2-1-9-20(11-12)18(24)13-4-7-15(19-14-5-6-14)16(10-13)21(25)26/h4,7,10,12,14,19H,1-3,5-6,8-9,11H2,(H,22,23). The maximum Gasteiger partial charge on any atom is 0.303 e. The van der Waals surface area contributed by atoms with Crippen LogP contribution in [0.5, 0.6) is 0 Å². The zero-order chi connectivity index (χ0) is 18.7. The highest BCUT2D eigenvalue weighted by atomic mass is 16.6. The molecule has 1 unspecified atom stereocenters. The summed E-state index contributed by atoms with van der Waals surface area (Å²) in [7, 11) is 0. The summed E-state index contributed by atoms with van der Waals surface area (Å²) in [4.78, 5) is 36.1. The van der Waals surface area contributed by atoms with Gasteiger partial charge in [0.25, 0.3) is 11.6 Å². The molecule has 0 aromatic heterocycles. The average Bonchev–Trinajstić information content (AvgIpc) is 3.44. The van der Waals surface area contributed by atoms with Crippen molar-refractivity contribution < 1.29 is 19.6 Å². The van der Waals surface area contributed by atoms with Crippen molar-refractivity contribution in [2.75, 3.05) is 18.4 Å². The van der Waals surface area contributed by atoms with Crippen molar-refractivity contribution in [3.8, 4) is 0 Å². The molecular weight excluding hydrogens is 338 g/mol. The normalized spacial score (nSPS) is 19.8. The van der Waals surface area contributed by atoms with E-state index in [0.29, 0.717) is 30.8 Å². The van der Waals surface area contributed by atoms with Gasteiger partial charge >= 0.3 is 5.97 Å². The molecule has 1 aromatic carbocycles. The van der Waals surface area contributed by atoms with Gasteiger partial charge in [-0.2, -0.15) is 0 Å². The van der Waals surface area contributed by atoms with Gasteiger partial charge in [0, 0.05) is 37.2 Å². The summed E-state index contributed by atoms with van der Waals surface area (Å²) in [5.74, 6) is -0.900. The number of piperidine rings is 1. The molecule has 8 heteroatoms. The van der Waals surface area contributed by atoms with E-state index in [1.54, 1.807) is 17.0 Å². The molecule has 3 rings (SSSR count). The summed E-state index contributed by atoms with van der Waals surface area (Å²) in [6, 6.07) is 4.86. The second-order valence-corrected chi connectivity index (χ2v) is 7.10. The zero-order valence-electron chi connectivity index (χ0n) is 14.5. The predicted octanol–water partition coefficient (Wildman–Crippen LogP) is 2.89. The number of rotatable bonds is 7. The Kier molecular flexibility index (Phi) is 5.39. The SMILES string of the molecule is O=C(O)CCC1CCCN(C(=O)c2ccc(NC3CC3)c([N+](=O)[O-])c2)C1. The number of carboxylic acids is 1. The molecule has 1 aromatic rings. The van der Waals surface area contributed by atoms with Crippen LogP contribution in [0.25, 0.3) is 0 Å². The smallest absolute Gasteiger partial charge is 0.303 e. The summed E-state index contributed by atoms with van der Waals surface area (Å²) in [6.07, 6.45) is 4.37. The highest BCUT2D eigenvalue weighted by molar-refractivity contribution is 5.95. The number of anilines is 1. The number of carbonyl (C=O) groups is 2. The molecule has 1 aliphatic carbocycles. The average molecular weight is 361 g/mol. The molecule has 0 spiro atoms. The minimum absolute atomic E-state index is 0.0813. The van der Waals surface area contributed by atoms with Crippen molar-refractivity contribution >= 4 is 23.3 Å². The van der Waals surface area contributed by atoms with Crippen LogP contribution in [-0.2, 0) is 4.79 Å². The van der Waals surface area contributed by atoms with Crippen molar-refractivity contribution in [1.82, 2.24) is 4.90 Å². The molecule has 2 aliphatic rings. The van der Waals surface area contributed by atoms with Gasteiger partial charge < -0.3 is 15.3 Å². The second-order valence-electron chi connectivity index (χ2n) is 7.10. The maximum atomic E-state index is 12.8. The third-order valence-electron chi connectivity index (χ3n) is 4.95. The number of likely N-dealkylation sites (tertiary alicyclic amines) is 1. The molecule has 2 N–H and O–H groups in total. The Balaban J connectivity index is 1.70. The van der Waals surface area contributed by atoms with E-state index in [1.807, 2.05) is 0 Å². The Morgan fingerprint density at radius 2 is 2.08 bits per heavy atom. The molecule has 8 nitrogen and oxygen atoms in total. The lowest BCUT2D eigenvalue weighted by Gasteiger charge is -2.32. The van der Waals surface area contributed by atoms with Crippen LogP contribution in [-0.4, -0.2) is 45.9 Å². The van der Waals surface area contributed by atoms with Crippen LogP contribution in [0.3, 0.4) is 0 Å². The number of carboxylic acid groups (broad SMARTS) is 1. The number of nitro benzene ring substituents is 1. The minimum atomic E-state index is -0.831. The zero-order valence-corrected chi connectivity index (χ0v) is 14.5. The molecule has 1 amide bonds. The fourth-order valence-electron chi connectivity index (χ4n) is 3.38. The first-order valence-corrected chi connectivity index (χ1v) is 9.00. The number of nitro groups is 1. The molecule has 26 heavy (non-hydrogen) atoms. The first-order chi connectivity index (χ1) is 12.4. The van der Waals surface area contributed by atoms with Gasteiger partial charge in [-0.1, -0.05) is 0 Å². The first-order valence-electron chi connectivity index (χ1n) is 9.00. The van der Waals surface area contributed by atoms with Crippen LogP contribution >= 0.6 is 0 Å². The van der Waals surface area contributed by atoms with E-state index in [-0.39, 0.29) is 30.0 Å². The number of nitrogens with one attached hydrogen (secondary N) is 1. The van der Waals surface area contributed by atoms with Crippen LogP contribution in [0.2, 0.25) is 0 Å². The van der Waals surface area contributed by atoms with E-state index in [1.165, 1.54) is 6.07 Å². The molecule has 1 heterocycles. The quantitative estimate of drug-likeness (QED) is 0.570. The van der Waals surface area contributed by atoms with Gasteiger partial charge in [-0.15, -0.1) is 0 Å². The van der Waals surface area contributed by atoms with Crippen LogP contribution < -0.4 is 5.32 Å². The fraction of sp³-hybridized carbons (Fsp3) is 0.556. The van der Waals surface area contributed by atoms with Crippen LogP contribution in [0.4, 0.5) is 11.4 Å². The fourth-order valence-corrected chi connectivity index (χ4v) is 3.38. The molecule has 0 bridgehead atoms. The monoisotopic (exact) mass is 361 g/mol. The lowest BCUT2D eigenvalue weighted by molar-refractivity contribution is -0.384. The van der Waals surface area contributed by atoms with Gasteiger partial charge in [0.2, 0.25) is 0 Å². The molecule has 140 valence electrons. The van der Waals surface area contributed by atoms with E-state index in [9.17, 15) is 19.7 Å². The molecule has 1 atom stereocenters. The second kappa shape index (κ2) is 7.72. The largest absolute Gasteiger partial charge is 0.481 e. The highest BCUT2D eigenvalue weighted by Gasteiger charge is 2.28. The number of amides is 1.